The summed E-state index contributed by atoms with van der Waals surface area (Å²) >= 11 is 0. The second kappa shape index (κ2) is 9.17. The molecule has 2 aromatic carbocycles. The van der Waals surface area contributed by atoms with Crippen LogP contribution in [0, 0.1) is 17.0 Å². The average Bonchev–Trinajstić information content (AvgIpc) is 2.79. The maximum Gasteiger partial charge on any atom is 0.254 e. The molecule has 1 heterocycles. The molecule has 4 rings (SSSR count). The van der Waals surface area contributed by atoms with E-state index in [-0.39, 0.29) is 16.8 Å². The highest BCUT2D eigenvalue weighted by Gasteiger charge is 2.43. The molecule has 0 aromatic heterocycles. The number of Topliss-reactive ketones (excluding diaryl/α,β-unsaturated/α-hetero) is 1. The fraction of sp³-hybridized carbons (Fsp3) is 0.333. The second-order valence-corrected chi connectivity index (χ2v) is 9.59. The van der Waals surface area contributed by atoms with Crippen LogP contribution in [-0.2, 0) is 9.59 Å². The minimum atomic E-state index is -0.897. The molecular weight excluding hydrogens is 454 g/mol. The van der Waals surface area contributed by atoms with Crippen LogP contribution in [0.4, 0.5) is 14.5 Å². The van der Waals surface area contributed by atoms with Gasteiger partial charge in [0.1, 0.15) is 28.8 Å². The van der Waals surface area contributed by atoms with Crippen molar-refractivity contribution < 1.29 is 27.8 Å². The van der Waals surface area contributed by atoms with Gasteiger partial charge in [-0.05, 0) is 49.1 Å². The third kappa shape index (κ3) is 4.52. The average molecular weight is 483 g/mol. The Morgan fingerprint density at radius 2 is 1.77 bits per heavy atom. The number of hydrogen-bond acceptors (Lipinski definition) is 5. The molecule has 0 saturated carbocycles. The van der Waals surface area contributed by atoms with E-state index in [1.165, 1.54) is 20.3 Å². The number of benzene rings is 2. The standard InChI is InChI=1S/C27H28F2N2O4/c1-14-22(26(33)31-25-17(28)7-6-8-18(25)29)23(16-11-15(34-4)9-10-21(16)35-5)24-19(30-14)12-27(2,3)13-20(24)32/h6-11,23,30H,12-13H2,1-5H3,(H,31,33)/t23-/m1/s1. The van der Waals surface area contributed by atoms with E-state index >= 15 is 0 Å². The van der Waals surface area contributed by atoms with Crippen LogP contribution in [0.15, 0.2) is 58.9 Å². The smallest absolute Gasteiger partial charge is 0.254 e. The van der Waals surface area contributed by atoms with Crippen LogP contribution in [0.3, 0.4) is 0 Å². The van der Waals surface area contributed by atoms with Crippen molar-refractivity contribution in [2.45, 2.75) is 39.5 Å². The van der Waals surface area contributed by atoms with Gasteiger partial charge in [0.2, 0.25) is 0 Å². The summed E-state index contributed by atoms with van der Waals surface area (Å²) in [5, 5.41) is 5.61. The summed E-state index contributed by atoms with van der Waals surface area (Å²) in [5.74, 6) is -2.47. The fourth-order valence-electron chi connectivity index (χ4n) is 4.91. The number of dihydropyridines is 1. The molecule has 0 fully saturated rings. The van der Waals surface area contributed by atoms with Crippen LogP contribution in [-0.4, -0.2) is 25.9 Å². The van der Waals surface area contributed by atoms with E-state index in [4.69, 9.17) is 9.47 Å². The largest absolute Gasteiger partial charge is 0.497 e. The molecule has 184 valence electrons. The van der Waals surface area contributed by atoms with Gasteiger partial charge in [-0.2, -0.15) is 0 Å². The number of hydrogen-bond donors (Lipinski definition) is 2. The number of ketones is 1. The molecule has 0 unspecified atom stereocenters. The van der Waals surface area contributed by atoms with E-state index in [1.54, 1.807) is 25.1 Å². The minimum absolute atomic E-state index is 0.103. The number of amides is 1. The number of allylic oxidation sites excluding steroid dienone is 3. The van der Waals surface area contributed by atoms with Crippen LogP contribution >= 0.6 is 0 Å². The van der Waals surface area contributed by atoms with E-state index < -0.39 is 29.1 Å². The first-order valence-electron chi connectivity index (χ1n) is 11.3. The van der Waals surface area contributed by atoms with E-state index in [9.17, 15) is 18.4 Å². The fourth-order valence-corrected chi connectivity index (χ4v) is 4.91. The van der Waals surface area contributed by atoms with Crippen molar-refractivity contribution in [1.29, 1.82) is 0 Å². The minimum Gasteiger partial charge on any atom is -0.497 e. The van der Waals surface area contributed by atoms with Gasteiger partial charge in [0, 0.05) is 34.5 Å². The van der Waals surface area contributed by atoms with Gasteiger partial charge in [0.25, 0.3) is 5.91 Å². The van der Waals surface area contributed by atoms with Crippen molar-refractivity contribution in [2.24, 2.45) is 5.41 Å². The summed E-state index contributed by atoms with van der Waals surface area (Å²) in [6.07, 6.45) is 0.900. The number of anilines is 1. The maximum atomic E-state index is 14.3. The van der Waals surface area contributed by atoms with Gasteiger partial charge in [-0.15, -0.1) is 0 Å². The Labute approximate surface area is 203 Å². The summed E-state index contributed by atoms with van der Waals surface area (Å²) in [4.78, 5) is 27.1. The van der Waals surface area contributed by atoms with Gasteiger partial charge >= 0.3 is 0 Å². The van der Waals surface area contributed by atoms with Crippen LogP contribution < -0.4 is 20.1 Å². The predicted octanol–water partition coefficient (Wildman–Crippen LogP) is 5.22. The van der Waals surface area contributed by atoms with Crippen LogP contribution in [0.25, 0.3) is 0 Å². The zero-order valence-electron chi connectivity index (χ0n) is 20.3. The molecule has 35 heavy (non-hydrogen) atoms. The summed E-state index contributed by atoms with van der Waals surface area (Å²) in [5.41, 5.74) is 1.57. The van der Waals surface area contributed by atoms with Crippen molar-refractivity contribution >= 4 is 17.4 Å². The van der Waals surface area contributed by atoms with Gasteiger partial charge in [0.05, 0.1) is 20.1 Å². The maximum absolute atomic E-state index is 14.3. The Kier molecular flexibility index (Phi) is 6.40. The Morgan fingerprint density at radius 3 is 2.40 bits per heavy atom. The third-order valence-electron chi connectivity index (χ3n) is 6.43. The number of halogens is 2. The Balaban J connectivity index is 1.90. The molecule has 2 aliphatic rings. The number of carbonyl (C=O) groups excluding carboxylic acids is 2. The Hall–Kier alpha value is -3.68. The highest BCUT2D eigenvalue weighted by atomic mass is 19.1. The molecule has 8 heteroatoms. The molecule has 0 saturated heterocycles. The van der Waals surface area contributed by atoms with Crippen LogP contribution in [0.2, 0.25) is 0 Å². The number of ether oxygens (including phenoxy) is 2. The van der Waals surface area contributed by atoms with E-state index in [0.717, 1.165) is 17.8 Å². The van der Waals surface area contributed by atoms with Crippen LogP contribution in [0.1, 0.15) is 45.1 Å². The molecule has 1 atom stereocenters. The topological polar surface area (TPSA) is 76.7 Å². The lowest BCUT2D eigenvalue weighted by Crippen LogP contribution is -2.39. The zero-order chi connectivity index (χ0) is 25.5. The lowest BCUT2D eigenvalue weighted by atomic mass is 9.68. The first-order chi connectivity index (χ1) is 16.6. The predicted molar refractivity (Wildman–Crippen MR) is 128 cm³/mol. The second-order valence-electron chi connectivity index (χ2n) is 9.59. The molecule has 2 N–H and O–H groups in total. The molecule has 1 aliphatic heterocycles. The Bertz CT molecular complexity index is 1260. The molecule has 0 radical (unpaired) electrons. The molecule has 1 amide bonds. The molecular formula is C27H28F2N2O4. The molecule has 1 aliphatic carbocycles. The van der Waals surface area contributed by atoms with Crippen molar-refractivity contribution in [3.8, 4) is 11.5 Å². The van der Waals surface area contributed by atoms with E-state index in [1.807, 2.05) is 13.8 Å². The lowest BCUT2D eigenvalue weighted by Gasteiger charge is -2.40. The summed E-state index contributed by atoms with van der Waals surface area (Å²) < 4.78 is 39.7. The van der Waals surface area contributed by atoms with Crippen LogP contribution in [0.5, 0.6) is 11.5 Å². The number of para-hydroxylation sites is 1. The van der Waals surface area contributed by atoms with Crippen molar-refractivity contribution in [3.63, 3.8) is 0 Å². The summed E-state index contributed by atoms with van der Waals surface area (Å²) in [6, 6.07) is 8.49. The third-order valence-corrected chi connectivity index (χ3v) is 6.43. The molecule has 6 nitrogen and oxygen atoms in total. The van der Waals surface area contributed by atoms with E-state index in [2.05, 4.69) is 10.6 Å². The first kappa shape index (κ1) is 24.4. The molecule has 0 bridgehead atoms. The van der Waals surface area contributed by atoms with Gasteiger partial charge in [-0.1, -0.05) is 19.9 Å². The van der Waals surface area contributed by atoms with Gasteiger partial charge in [-0.3, -0.25) is 9.59 Å². The molecule has 0 spiro atoms. The number of nitrogens with one attached hydrogen (secondary N) is 2. The van der Waals surface area contributed by atoms with Gasteiger partial charge < -0.3 is 20.1 Å². The zero-order valence-corrected chi connectivity index (χ0v) is 20.3. The van der Waals surface area contributed by atoms with Crippen molar-refractivity contribution in [1.82, 2.24) is 5.32 Å². The highest BCUT2D eigenvalue weighted by molar-refractivity contribution is 6.10. The number of rotatable bonds is 5. The summed E-state index contributed by atoms with van der Waals surface area (Å²) in [6.45, 7) is 5.74. The Morgan fingerprint density at radius 1 is 1.09 bits per heavy atom. The summed E-state index contributed by atoms with van der Waals surface area (Å²) in [7, 11) is 3.02. The number of carbonyl (C=O) groups is 2. The first-order valence-corrected chi connectivity index (χ1v) is 11.3. The normalized spacial score (nSPS) is 19.2. The quantitative estimate of drug-likeness (QED) is 0.611. The molecule has 2 aromatic rings. The SMILES string of the molecule is COc1ccc(OC)c([C@@H]2C(C(=O)Nc3c(F)cccc3F)=C(C)NC3=C2C(=O)CC(C)(C)C3)c1. The van der Waals surface area contributed by atoms with E-state index in [0.29, 0.717) is 41.2 Å². The monoisotopic (exact) mass is 482 g/mol. The van der Waals surface area contributed by atoms with Gasteiger partial charge in [-0.25, -0.2) is 8.78 Å². The lowest BCUT2D eigenvalue weighted by molar-refractivity contribution is -0.118. The number of methoxy groups -OCH3 is 2. The van der Waals surface area contributed by atoms with Crippen molar-refractivity contribution in [3.05, 3.63) is 76.1 Å². The van der Waals surface area contributed by atoms with Crippen molar-refractivity contribution in [2.75, 3.05) is 19.5 Å². The highest BCUT2D eigenvalue weighted by Crippen LogP contribution is 2.49. The van der Waals surface area contributed by atoms with Gasteiger partial charge in [0.15, 0.2) is 5.78 Å².